The van der Waals surface area contributed by atoms with E-state index >= 15 is 0 Å². The van der Waals surface area contributed by atoms with Crippen LogP contribution < -0.4 is 10.0 Å². The first-order valence-electron chi connectivity index (χ1n) is 6.50. The zero-order chi connectivity index (χ0) is 15.2. The lowest BCUT2D eigenvalue weighted by atomic mass is 10.0. The average Bonchev–Trinajstić information content (AvgIpc) is 2.36. The number of benzene rings is 1. The minimum absolute atomic E-state index is 0.0470. The first-order valence-corrected chi connectivity index (χ1v) is 9.18. The van der Waals surface area contributed by atoms with Gasteiger partial charge in [-0.2, -0.15) is 0 Å². The number of phenols is 1. The summed E-state index contributed by atoms with van der Waals surface area (Å²) < 4.78 is 25.2. The number of aromatic hydroxyl groups is 1. The predicted octanol–water partition coefficient (Wildman–Crippen LogP) is 2.13. The van der Waals surface area contributed by atoms with Crippen LogP contribution >= 0.6 is 15.9 Å². The third kappa shape index (κ3) is 6.21. The maximum atomic E-state index is 10.9. The zero-order valence-electron chi connectivity index (χ0n) is 11.7. The van der Waals surface area contributed by atoms with Gasteiger partial charge >= 0.3 is 0 Å². The van der Waals surface area contributed by atoms with Gasteiger partial charge in [-0.05, 0) is 37.6 Å². The van der Waals surface area contributed by atoms with Gasteiger partial charge in [-0.1, -0.05) is 22.9 Å². The maximum absolute atomic E-state index is 10.9. The fraction of sp³-hybridized carbons (Fsp3) is 0.538. The Kier molecular flexibility index (Phi) is 6.94. The standard InChI is InChI=1S/C13H21BrN2O3S/c1-3-12(11-9-10(14)5-6-13(11)17)15-7-4-8-16-20(2,18)19/h5-6,9,12,15-17H,3-4,7-8H2,1-2H3. The van der Waals surface area contributed by atoms with Gasteiger partial charge in [0.1, 0.15) is 5.75 Å². The molecule has 0 bridgehead atoms. The summed E-state index contributed by atoms with van der Waals surface area (Å²) in [4.78, 5) is 0. The zero-order valence-corrected chi connectivity index (χ0v) is 14.1. The number of phenolic OH excluding ortho intramolecular Hbond substituents is 1. The normalized spacial score (nSPS) is 13.3. The van der Waals surface area contributed by atoms with E-state index in [4.69, 9.17) is 0 Å². The van der Waals surface area contributed by atoms with E-state index in [9.17, 15) is 13.5 Å². The Balaban J connectivity index is 2.49. The van der Waals surface area contributed by atoms with Crippen molar-refractivity contribution < 1.29 is 13.5 Å². The van der Waals surface area contributed by atoms with E-state index in [0.29, 0.717) is 19.5 Å². The second-order valence-electron chi connectivity index (χ2n) is 4.64. The van der Waals surface area contributed by atoms with Crippen molar-refractivity contribution in [3.63, 3.8) is 0 Å². The summed E-state index contributed by atoms with van der Waals surface area (Å²) in [5.74, 6) is 0.266. The summed E-state index contributed by atoms with van der Waals surface area (Å²) in [6.07, 6.45) is 2.68. The Morgan fingerprint density at radius 3 is 2.65 bits per heavy atom. The Hall–Kier alpha value is -0.630. The van der Waals surface area contributed by atoms with Crippen LogP contribution in [0.1, 0.15) is 31.4 Å². The topological polar surface area (TPSA) is 78.4 Å². The molecule has 0 aliphatic carbocycles. The van der Waals surface area contributed by atoms with Crippen molar-refractivity contribution in [3.05, 3.63) is 28.2 Å². The van der Waals surface area contributed by atoms with Gasteiger partial charge in [0.2, 0.25) is 10.0 Å². The van der Waals surface area contributed by atoms with E-state index in [0.717, 1.165) is 22.7 Å². The van der Waals surface area contributed by atoms with Gasteiger partial charge < -0.3 is 10.4 Å². The summed E-state index contributed by atoms with van der Waals surface area (Å²) in [7, 11) is -3.12. The highest BCUT2D eigenvalue weighted by atomic mass is 79.9. The van der Waals surface area contributed by atoms with Gasteiger partial charge in [-0.25, -0.2) is 13.1 Å². The molecular formula is C13H21BrN2O3S. The molecule has 0 saturated carbocycles. The van der Waals surface area contributed by atoms with E-state index in [2.05, 4.69) is 26.0 Å². The molecule has 0 fully saturated rings. The molecule has 0 aliphatic rings. The van der Waals surface area contributed by atoms with Crippen LogP contribution in [0.25, 0.3) is 0 Å². The molecule has 0 aromatic heterocycles. The number of halogens is 1. The molecule has 7 heteroatoms. The number of nitrogens with one attached hydrogen (secondary N) is 2. The molecule has 1 aromatic rings. The summed E-state index contributed by atoms with van der Waals surface area (Å²) >= 11 is 3.39. The van der Waals surface area contributed by atoms with E-state index in [1.807, 2.05) is 13.0 Å². The fourth-order valence-corrected chi connectivity index (χ4v) is 2.79. The maximum Gasteiger partial charge on any atom is 0.208 e. The molecule has 0 aliphatic heterocycles. The average molecular weight is 365 g/mol. The monoisotopic (exact) mass is 364 g/mol. The van der Waals surface area contributed by atoms with Gasteiger partial charge in [-0.3, -0.25) is 0 Å². The molecule has 20 heavy (non-hydrogen) atoms. The predicted molar refractivity (Wildman–Crippen MR) is 84.3 cm³/mol. The van der Waals surface area contributed by atoms with Crippen LogP contribution in [0.2, 0.25) is 0 Å². The molecule has 1 atom stereocenters. The lowest BCUT2D eigenvalue weighted by Crippen LogP contribution is -2.28. The third-order valence-corrected chi connectivity index (χ3v) is 4.10. The minimum Gasteiger partial charge on any atom is -0.508 e. The van der Waals surface area contributed by atoms with E-state index < -0.39 is 10.0 Å². The lowest BCUT2D eigenvalue weighted by Gasteiger charge is -2.19. The second-order valence-corrected chi connectivity index (χ2v) is 7.39. The Labute approximate surface area is 129 Å². The molecule has 3 N–H and O–H groups in total. The number of sulfonamides is 1. The molecule has 0 heterocycles. The van der Waals surface area contributed by atoms with Crippen LogP contribution in [0, 0.1) is 0 Å². The van der Waals surface area contributed by atoms with Gasteiger partial charge in [0.15, 0.2) is 0 Å². The van der Waals surface area contributed by atoms with Crippen molar-refractivity contribution >= 4 is 26.0 Å². The number of hydrogen-bond donors (Lipinski definition) is 3. The van der Waals surface area contributed by atoms with E-state index in [1.54, 1.807) is 12.1 Å². The fourth-order valence-electron chi connectivity index (χ4n) is 1.90. The van der Waals surface area contributed by atoms with Gasteiger partial charge in [0, 0.05) is 22.6 Å². The molecule has 0 saturated heterocycles. The number of rotatable bonds is 8. The second kappa shape index (κ2) is 7.97. The van der Waals surface area contributed by atoms with Crippen LogP contribution in [-0.4, -0.2) is 32.9 Å². The summed E-state index contributed by atoms with van der Waals surface area (Å²) in [6.45, 7) is 3.12. The number of hydrogen-bond acceptors (Lipinski definition) is 4. The minimum atomic E-state index is -3.12. The van der Waals surface area contributed by atoms with Crippen molar-refractivity contribution in [1.82, 2.24) is 10.0 Å². The molecule has 1 aromatic carbocycles. The highest BCUT2D eigenvalue weighted by Crippen LogP contribution is 2.29. The van der Waals surface area contributed by atoms with Crippen LogP contribution in [0.4, 0.5) is 0 Å². The van der Waals surface area contributed by atoms with Crippen LogP contribution in [0.3, 0.4) is 0 Å². The van der Waals surface area contributed by atoms with Crippen molar-refractivity contribution in [3.8, 4) is 5.75 Å². The first-order chi connectivity index (χ1) is 9.33. The third-order valence-electron chi connectivity index (χ3n) is 2.88. The smallest absolute Gasteiger partial charge is 0.208 e. The van der Waals surface area contributed by atoms with Crippen LogP contribution in [0.15, 0.2) is 22.7 Å². The Morgan fingerprint density at radius 1 is 1.35 bits per heavy atom. The van der Waals surface area contributed by atoms with E-state index in [-0.39, 0.29) is 11.8 Å². The molecule has 0 radical (unpaired) electrons. The molecule has 1 unspecified atom stereocenters. The van der Waals surface area contributed by atoms with Gasteiger partial charge in [0.05, 0.1) is 6.26 Å². The Morgan fingerprint density at radius 2 is 2.05 bits per heavy atom. The molecular weight excluding hydrogens is 344 g/mol. The Bertz CT molecular complexity index is 534. The molecule has 1 rings (SSSR count). The first kappa shape index (κ1) is 17.4. The summed E-state index contributed by atoms with van der Waals surface area (Å²) in [6, 6.07) is 5.40. The lowest BCUT2D eigenvalue weighted by molar-refractivity contribution is 0.439. The van der Waals surface area contributed by atoms with Crippen LogP contribution in [0.5, 0.6) is 5.75 Å². The SMILES string of the molecule is CCC(NCCCNS(C)(=O)=O)c1cc(Br)ccc1O. The van der Waals surface area contributed by atoms with Gasteiger partial charge in [-0.15, -0.1) is 0 Å². The van der Waals surface area contributed by atoms with Crippen LogP contribution in [-0.2, 0) is 10.0 Å². The van der Waals surface area contributed by atoms with Crippen molar-refractivity contribution in [1.29, 1.82) is 0 Å². The summed E-state index contributed by atoms with van der Waals surface area (Å²) in [5.41, 5.74) is 0.845. The largest absolute Gasteiger partial charge is 0.508 e. The summed E-state index contributed by atoms with van der Waals surface area (Å²) in [5, 5.41) is 13.2. The quantitative estimate of drug-likeness (QED) is 0.617. The molecule has 0 amide bonds. The highest BCUT2D eigenvalue weighted by molar-refractivity contribution is 9.10. The van der Waals surface area contributed by atoms with E-state index in [1.165, 1.54) is 0 Å². The van der Waals surface area contributed by atoms with Gasteiger partial charge in [0.25, 0.3) is 0 Å². The van der Waals surface area contributed by atoms with Crippen molar-refractivity contribution in [2.45, 2.75) is 25.8 Å². The molecule has 0 spiro atoms. The van der Waals surface area contributed by atoms with Crippen molar-refractivity contribution in [2.75, 3.05) is 19.3 Å². The molecule has 114 valence electrons. The van der Waals surface area contributed by atoms with Crippen molar-refractivity contribution in [2.24, 2.45) is 0 Å². The highest BCUT2D eigenvalue weighted by Gasteiger charge is 2.13. The molecule has 5 nitrogen and oxygen atoms in total.